The molecule has 2 atom stereocenters. The van der Waals surface area contributed by atoms with Crippen molar-refractivity contribution in [3.63, 3.8) is 0 Å². The first-order valence-corrected chi connectivity index (χ1v) is 13.7. The third kappa shape index (κ3) is 5.94. The van der Waals surface area contributed by atoms with Gasteiger partial charge in [-0.25, -0.2) is 8.42 Å². The zero-order chi connectivity index (χ0) is 25.0. The summed E-state index contributed by atoms with van der Waals surface area (Å²) in [5, 5.41) is 3.50. The van der Waals surface area contributed by atoms with E-state index in [0.29, 0.717) is 32.6 Å². The summed E-state index contributed by atoms with van der Waals surface area (Å²) >= 11 is 0. The van der Waals surface area contributed by atoms with E-state index in [1.807, 2.05) is 31.2 Å². The first-order valence-electron chi connectivity index (χ1n) is 11.9. The van der Waals surface area contributed by atoms with Crippen LogP contribution in [-0.4, -0.2) is 50.1 Å². The van der Waals surface area contributed by atoms with Gasteiger partial charge in [0.2, 0.25) is 10.0 Å². The molecule has 35 heavy (non-hydrogen) atoms. The third-order valence-corrected chi connectivity index (χ3v) is 8.13. The van der Waals surface area contributed by atoms with E-state index in [1.54, 1.807) is 6.20 Å². The molecule has 1 aromatic heterocycles. The molecule has 2 heterocycles. The smallest absolute Gasteiger partial charge is 0.211 e. The first kappa shape index (κ1) is 25.0. The van der Waals surface area contributed by atoms with Crippen LogP contribution in [0, 0.1) is 18.8 Å². The molecular formula is C27H32N4O3S. The quantitative estimate of drug-likeness (QED) is 0.422. The molecule has 1 fully saturated rings. The van der Waals surface area contributed by atoms with Gasteiger partial charge in [-0.2, -0.15) is 9.21 Å². The average Bonchev–Trinajstić information content (AvgIpc) is 2.85. The maximum atomic E-state index is 11.9. The Bertz CT molecular complexity index is 1270. The molecule has 0 aliphatic carbocycles. The van der Waals surface area contributed by atoms with Gasteiger partial charge in [0.25, 0.3) is 0 Å². The van der Waals surface area contributed by atoms with Crippen molar-refractivity contribution in [3.8, 4) is 0 Å². The number of sulfonamides is 1. The summed E-state index contributed by atoms with van der Waals surface area (Å²) in [6, 6.07) is 20.0. The van der Waals surface area contributed by atoms with E-state index in [0.717, 1.165) is 22.5 Å². The second-order valence-corrected chi connectivity index (χ2v) is 11.2. The standard InChI is InChI=1S/C27H32N4O3S/c1-20-6-4-5-7-25(20)26(19-27(29-32)23-12-13-28-21(2)18-23)22-8-10-24(11-9-22)30-14-16-31(17-15-30)35(3,33)34/h4-13,18,26-27H,14-17,19H2,1-3H3. The number of piperazine rings is 1. The van der Waals surface area contributed by atoms with E-state index >= 15 is 0 Å². The Balaban J connectivity index is 1.59. The number of aryl methyl sites for hydroxylation is 2. The van der Waals surface area contributed by atoms with Crippen LogP contribution in [0.3, 0.4) is 0 Å². The number of nitrogens with zero attached hydrogens (tertiary/aromatic N) is 4. The molecule has 184 valence electrons. The highest BCUT2D eigenvalue weighted by Crippen LogP contribution is 2.37. The van der Waals surface area contributed by atoms with Crippen LogP contribution in [0.5, 0.6) is 0 Å². The van der Waals surface area contributed by atoms with Crippen LogP contribution in [0.15, 0.2) is 72.0 Å². The third-order valence-electron chi connectivity index (χ3n) is 6.82. The van der Waals surface area contributed by atoms with Gasteiger partial charge in [-0.3, -0.25) is 4.98 Å². The lowest BCUT2D eigenvalue weighted by atomic mass is 9.82. The lowest BCUT2D eigenvalue weighted by molar-refractivity contribution is 0.388. The molecule has 1 aliphatic rings. The summed E-state index contributed by atoms with van der Waals surface area (Å²) in [6.07, 6.45) is 3.55. The molecule has 4 rings (SSSR count). The molecular weight excluding hydrogens is 460 g/mol. The molecule has 7 nitrogen and oxygen atoms in total. The van der Waals surface area contributed by atoms with Crippen molar-refractivity contribution in [2.75, 3.05) is 37.3 Å². The Morgan fingerprint density at radius 1 is 0.943 bits per heavy atom. The molecule has 2 aromatic carbocycles. The lowest BCUT2D eigenvalue weighted by Gasteiger charge is -2.35. The number of rotatable bonds is 8. The molecule has 1 aliphatic heterocycles. The monoisotopic (exact) mass is 492 g/mol. The van der Waals surface area contributed by atoms with E-state index in [-0.39, 0.29) is 5.92 Å². The maximum absolute atomic E-state index is 11.9. The number of benzene rings is 2. The summed E-state index contributed by atoms with van der Waals surface area (Å²) in [4.78, 5) is 18.4. The second kappa shape index (κ2) is 10.7. The molecule has 1 saturated heterocycles. The predicted octanol–water partition coefficient (Wildman–Crippen LogP) is 4.81. The zero-order valence-electron chi connectivity index (χ0n) is 20.5. The zero-order valence-corrected chi connectivity index (χ0v) is 21.3. The molecule has 8 heteroatoms. The topological polar surface area (TPSA) is 82.9 Å². The molecule has 0 saturated carbocycles. The van der Waals surface area contributed by atoms with Crippen molar-refractivity contribution in [1.29, 1.82) is 0 Å². The minimum atomic E-state index is -3.16. The first-order chi connectivity index (χ1) is 16.8. The van der Waals surface area contributed by atoms with Crippen molar-refractivity contribution in [3.05, 3.63) is 99.7 Å². The molecule has 2 unspecified atom stereocenters. The number of pyridine rings is 1. The van der Waals surface area contributed by atoms with Crippen LogP contribution in [-0.2, 0) is 10.0 Å². The molecule has 0 amide bonds. The van der Waals surface area contributed by atoms with Gasteiger partial charge in [0.15, 0.2) is 0 Å². The van der Waals surface area contributed by atoms with Gasteiger partial charge in [0.05, 0.1) is 6.26 Å². The molecule has 0 radical (unpaired) electrons. The van der Waals surface area contributed by atoms with Crippen molar-refractivity contribution in [2.24, 2.45) is 5.18 Å². The SMILES string of the molecule is Cc1cc(C(CC(c2ccc(N3CCN(S(C)(=O)=O)CC3)cc2)c2ccccc2C)N=O)ccn1. The van der Waals surface area contributed by atoms with E-state index in [1.165, 1.54) is 21.7 Å². The van der Waals surface area contributed by atoms with Gasteiger partial charge in [0.1, 0.15) is 6.04 Å². The van der Waals surface area contributed by atoms with Crippen LogP contribution < -0.4 is 4.90 Å². The summed E-state index contributed by atoms with van der Waals surface area (Å²) in [7, 11) is -3.16. The fraction of sp³-hybridized carbons (Fsp3) is 0.370. The van der Waals surface area contributed by atoms with Gasteiger partial charge in [0, 0.05) is 49.7 Å². The van der Waals surface area contributed by atoms with Crippen molar-refractivity contribution in [2.45, 2.75) is 32.2 Å². The fourth-order valence-electron chi connectivity index (χ4n) is 4.85. The Labute approximate surface area is 207 Å². The minimum absolute atomic E-state index is 0.00324. The summed E-state index contributed by atoms with van der Waals surface area (Å²) in [6.45, 7) is 6.31. The van der Waals surface area contributed by atoms with Crippen molar-refractivity contribution < 1.29 is 8.42 Å². The van der Waals surface area contributed by atoms with Gasteiger partial charge >= 0.3 is 0 Å². The van der Waals surface area contributed by atoms with Crippen molar-refractivity contribution >= 4 is 15.7 Å². The molecule has 0 N–H and O–H groups in total. The minimum Gasteiger partial charge on any atom is -0.369 e. The molecule has 3 aromatic rings. The van der Waals surface area contributed by atoms with E-state index < -0.39 is 16.1 Å². The fourth-order valence-corrected chi connectivity index (χ4v) is 5.68. The van der Waals surface area contributed by atoms with E-state index in [2.05, 4.69) is 58.4 Å². The van der Waals surface area contributed by atoms with Gasteiger partial charge < -0.3 is 4.90 Å². The summed E-state index contributed by atoms with van der Waals surface area (Å²) in [5.41, 5.74) is 6.29. The average molecular weight is 493 g/mol. The maximum Gasteiger partial charge on any atom is 0.211 e. The Morgan fingerprint density at radius 2 is 1.63 bits per heavy atom. The molecule has 0 bridgehead atoms. The summed E-state index contributed by atoms with van der Waals surface area (Å²) < 4.78 is 25.2. The molecule has 0 spiro atoms. The highest BCUT2D eigenvalue weighted by atomic mass is 32.2. The Morgan fingerprint density at radius 3 is 2.23 bits per heavy atom. The summed E-state index contributed by atoms with van der Waals surface area (Å²) in [5.74, 6) is 0.00324. The van der Waals surface area contributed by atoms with Crippen molar-refractivity contribution in [1.82, 2.24) is 9.29 Å². The number of hydrogen-bond donors (Lipinski definition) is 0. The van der Waals surface area contributed by atoms with Crippen LogP contribution in [0.25, 0.3) is 0 Å². The van der Waals surface area contributed by atoms with E-state index in [9.17, 15) is 13.3 Å². The largest absolute Gasteiger partial charge is 0.369 e. The van der Waals surface area contributed by atoms with Crippen LogP contribution in [0.2, 0.25) is 0 Å². The number of nitroso groups, excluding NO2 is 1. The van der Waals surface area contributed by atoms with Gasteiger partial charge in [-0.05, 0) is 66.8 Å². The van der Waals surface area contributed by atoms with E-state index in [4.69, 9.17) is 0 Å². The van der Waals surface area contributed by atoms with Crippen LogP contribution in [0.1, 0.15) is 46.3 Å². The Kier molecular flexibility index (Phi) is 7.62. The van der Waals surface area contributed by atoms with Crippen LogP contribution >= 0.6 is 0 Å². The second-order valence-electron chi connectivity index (χ2n) is 9.24. The Hall–Kier alpha value is -3.10. The van der Waals surface area contributed by atoms with Crippen LogP contribution in [0.4, 0.5) is 5.69 Å². The lowest BCUT2D eigenvalue weighted by Crippen LogP contribution is -2.48. The van der Waals surface area contributed by atoms with Gasteiger partial charge in [-0.1, -0.05) is 41.6 Å². The number of anilines is 1. The number of aromatic nitrogens is 1. The highest BCUT2D eigenvalue weighted by molar-refractivity contribution is 7.88. The predicted molar refractivity (Wildman–Crippen MR) is 140 cm³/mol. The van der Waals surface area contributed by atoms with Gasteiger partial charge in [-0.15, -0.1) is 0 Å². The highest BCUT2D eigenvalue weighted by Gasteiger charge is 2.25. The normalized spacial score (nSPS) is 16.6. The number of hydrogen-bond acceptors (Lipinski definition) is 6.